The second-order valence-electron chi connectivity index (χ2n) is 7.56. The van der Waals surface area contributed by atoms with E-state index in [0.29, 0.717) is 5.56 Å². The van der Waals surface area contributed by atoms with Gasteiger partial charge in [0.1, 0.15) is 0 Å². The van der Waals surface area contributed by atoms with Gasteiger partial charge in [-0.1, -0.05) is 18.2 Å². The van der Waals surface area contributed by atoms with Crippen LogP contribution in [-0.4, -0.2) is 37.3 Å². The van der Waals surface area contributed by atoms with Crippen LogP contribution in [0.4, 0.5) is 59.7 Å². The van der Waals surface area contributed by atoms with E-state index in [1.165, 1.54) is 30.4 Å². The summed E-state index contributed by atoms with van der Waals surface area (Å²) in [6.45, 7) is -4.01. The van der Waals surface area contributed by atoms with Gasteiger partial charge in [-0.3, -0.25) is 4.79 Å². The number of carbonyl (C=O) groups is 1. The van der Waals surface area contributed by atoms with Gasteiger partial charge in [0.2, 0.25) is 5.91 Å². The maximum Gasteiger partial charge on any atom is 0.457 e. The zero-order chi connectivity index (χ0) is 28.1. The Hall–Kier alpha value is -2.79. The first kappa shape index (κ1) is 28.8. The number of benzene rings is 2. The number of amides is 1. The van der Waals surface area contributed by atoms with Gasteiger partial charge < -0.3 is 15.4 Å². The molecule has 0 aromatic heterocycles. The van der Waals surface area contributed by atoms with Crippen LogP contribution >= 0.6 is 22.6 Å². The van der Waals surface area contributed by atoms with Crippen molar-refractivity contribution >= 4 is 45.9 Å². The van der Waals surface area contributed by atoms with Crippen LogP contribution in [0.2, 0.25) is 0 Å². The molecule has 1 atom stereocenters. The van der Waals surface area contributed by atoms with Crippen LogP contribution in [0.15, 0.2) is 36.4 Å². The number of halogens is 12. The number of primary amides is 1. The van der Waals surface area contributed by atoms with E-state index in [1.807, 2.05) is 0 Å². The predicted molar refractivity (Wildman–Crippen MR) is 117 cm³/mol. The second-order valence-corrected chi connectivity index (χ2v) is 8.72. The van der Waals surface area contributed by atoms with Gasteiger partial charge in [-0.15, -0.1) is 0 Å². The molecule has 0 spiro atoms. The third-order valence-corrected chi connectivity index (χ3v) is 6.10. The molecule has 37 heavy (non-hydrogen) atoms. The second kappa shape index (κ2) is 9.50. The van der Waals surface area contributed by atoms with Gasteiger partial charge in [0.25, 0.3) is 0 Å². The largest absolute Gasteiger partial charge is 0.457 e. The van der Waals surface area contributed by atoms with E-state index in [1.54, 1.807) is 0 Å². The smallest absolute Gasteiger partial charge is 0.433 e. The van der Waals surface area contributed by atoms with Gasteiger partial charge in [0.15, 0.2) is 5.75 Å². The summed E-state index contributed by atoms with van der Waals surface area (Å²) in [5, 5.41) is 0. The average Bonchev–Trinajstić information content (AvgIpc) is 2.75. The van der Waals surface area contributed by atoms with Crippen LogP contribution in [0.25, 0.3) is 6.08 Å². The molecule has 0 aliphatic carbocycles. The first-order valence-electron chi connectivity index (χ1n) is 9.70. The van der Waals surface area contributed by atoms with Gasteiger partial charge in [0.05, 0.1) is 5.69 Å². The summed E-state index contributed by atoms with van der Waals surface area (Å²) in [5.74, 6) is -9.25. The van der Waals surface area contributed by atoms with Crippen molar-refractivity contribution in [2.24, 2.45) is 5.73 Å². The molecule has 1 aliphatic rings. The fourth-order valence-electron chi connectivity index (χ4n) is 3.61. The molecule has 3 rings (SSSR count). The summed E-state index contributed by atoms with van der Waals surface area (Å²) in [5.41, 5.74) is -3.62. The first-order chi connectivity index (χ1) is 16.8. The molecule has 1 heterocycles. The van der Waals surface area contributed by atoms with Gasteiger partial charge >= 0.3 is 30.6 Å². The molecule has 0 radical (unpaired) electrons. The molecule has 0 saturated carbocycles. The highest BCUT2D eigenvalue weighted by molar-refractivity contribution is 14.1. The fraction of sp³-hybridized carbons (Fsp3) is 0.286. The van der Waals surface area contributed by atoms with Crippen LogP contribution in [0.1, 0.15) is 21.5 Å². The molecular formula is C21H12F11IN2O2. The minimum absolute atomic E-state index is 0.0251. The highest BCUT2D eigenvalue weighted by atomic mass is 127. The number of hydrogen-bond donors (Lipinski definition) is 1. The fourth-order valence-corrected chi connectivity index (χ4v) is 4.50. The Balaban J connectivity index is 2.33. The Morgan fingerprint density at radius 1 is 0.973 bits per heavy atom. The van der Waals surface area contributed by atoms with E-state index in [2.05, 4.69) is 4.74 Å². The normalized spacial score (nSPS) is 16.0. The highest BCUT2D eigenvalue weighted by Gasteiger charge is 2.81. The monoisotopic (exact) mass is 660 g/mol. The molecular weight excluding hydrogens is 648 g/mol. The number of nitrogens with zero attached hydrogens (tertiary/aromatic N) is 1. The maximum atomic E-state index is 15.0. The molecule has 0 saturated heterocycles. The standard InChI is InChI=1S/C21H12F11IN2O2/c22-17(23)37-14-8-11(18(24,20(27,28)29)19(25,26)21(30,31)32)7-12(33)15(14)35-5-1-2-9-3-4-10(16(34)36)6-13(9)35/h1-4,6-8,17H,5H2,(H2,34,36). The molecule has 0 bridgehead atoms. The Kier molecular flexibility index (Phi) is 7.39. The lowest BCUT2D eigenvalue weighted by Crippen LogP contribution is -2.59. The van der Waals surface area contributed by atoms with E-state index in [4.69, 9.17) is 5.73 Å². The maximum absolute atomic E-state index is 15.0. The number of nitrogens with two attached hydrogens (primary N) is 1. The number of rotatable bonds is 6. The number of fused-ring (bicyclic) bond motifs is 1. The van der Waals surface area contributed by atoms with Gasteiger partial charge in [0, 0.05) is 26.9 Å². The van der Waals surface area contributed by atoms with Crippen molar-refractivity contribution < 1.29 is 57.8 Å². The lowest BCUT2D eigenvalue weighted by atomic mass is 9.87. The van der Waals surface area contributed by atoms with Crippen molar-refractivity contribution in [3.8, 4) is 5.75 Å². The van der Waals surface area contributed by atoms with E-state index in [-0.39, 0.29) is 29.9 Å². The Bertz CT molecular complexity index is 1240. The van der Waals surface area contributed by atoms with Crippen LogP contribution in [0.3, 0.4) is 0 Å². The zero-order valence-corrected chi connectivity index (χ0v) is 19.9. The number of hydrogen-bond acceptors (Lipinski definition) is 3. The van der Waals surface area contributed by atoms with Crippen molar-refractivity contribution in [3.05, 3.63) is 56.7 Å². The molecule has 202 valence electrons. The Morgan fingerprint density at radius 3 is 2.11 bits per heavy atom. The quantitative estimate of drug-likeness (QED) is 0.266. The molecule has 16 heteroatoms. The van der Waals surface area contributed by atoms with Crippen molar-refractivity contribution in [2.45, 2.75) is 30.6 Å². The zero-order valence-electron chi connectivity index (χ0n) is 17.7. The molecule has 0 fully saturated rings. The van der Waals surface area contributed by atoms with Gasteiger partial charge in [-0.05, 0) is 52.4 Å². The number of ether oxygens (including phenoxy) is 1. The number of carbonyl (C=O) groups excluding carboxylic acids is 1. The lowest BCUT2D eigenvalue weighted by Gasteiger charge is -2.37. The summed E-state index contributed by atoms with van der Waals surface area (Å²) in [6, 6.07) is 3.61. The minimum Gasteiger partial charge on any atom is -0.433 e. The molecule has 2 aromatic carbocycles. The van der Waals surface area contributed by atoms with Crippen LogP contribution in [0, 0.1) is 3.57 Å². The summed E-state index contributed by atoms with van der Waals surface area (Å²) in [4.78, 5) is 12.7. The molecule has 1 unspecified atom stereocenters. The average molecular weight is 660 g/mol. The van der Waals surface area contributed by atoms with Gasteiger partial charge in [-0.2, -0.15) is 43.9 Å². The van der Waals surface area contributed by atoms with Crippen molar-refractivity contribution in [1.82, 2.24) is 0 Å². The predicted octanol–water partition coefficient (Wildman–Crippen LogP) is 7.08. The Morgan fingerprint density at radius 2 is 1.59 bits per heavy atom. The van der Waals surface area contributed by atoms with E-state index >= 15 is 4.39 Å². The molecule has 1 aliphatic heterocycles. The summed E-state index contributed by atoms with van der Waals surface area (Å²) < 4.78 is 152. The van der Waals surface area contributed by atoms with Crippen LogP contribution < -0.4 is 15.4 Å². The molecule has 1 amide bonds. The van der Waals surface area contributed by atoms with E-state index < -0.39 is 57.0 Å². The Labute approximate surface area is 214 Å². The van der Waals surface area contributed by atoms with Crippen LogP contribution in [-0.2, 0) is 5.67 Å². The summed E-state index contributed by atoms with van der Waals surface area (Å²) in [7, 11) is 0. The third kappa shape index (κ3) is 4.90. The highest BCUT2D eigenvalue weighted by Crippen LogP contribution is 2.59. The van der Waals surface area contributed by atoms with E-state index in [0.717, 1.165) is 27.5 Å². The van der Waals surface area contributed by atoms with Gasteiger partial charge in [-0.25, -0.2) is 4.39 Å². The first-order valence-corrected chi connectivity index (χ1v) is 10.8. The van der Waals surface area contributed by atoms with Crippen molar-refractivity contribution in [2.75, 3.05) is 11.4 Å². The molecule has 2 N–H and O–H groups in total. The third-order valence-electron chi connectivity index (χ3n) is 5.28. The molecule has 4 nitrogen and oxygen atoms in total. The van der Waals surface area contributed by atoms with E-state index in [9.17, 15) is 48.7 Å². The van der Waals surface area contributed by atoms with Crippen molar-refractivity contribution in [1.29, 1.82) is 0 Å². The summed E-state index contributed by atoms with van der Waals surface area (Å²) in [6.07, 6.45) is -10.9. The van der Waals surface area contributed by atoms with Crippen molar-refractivity contribution in [3.63, 3.8) is 0 Å². The SMILES string of the molecule is NC(=O)c1ccc2c(c1)N(c1c(I)cc(C(F)(C(F)(F)F)C(F)(F)C(F)(F)F)cc1OC(F)F)CC=C2. The number of anilines is 2. The van der Waals surface area contributed by atoms with Crippen LogP contribution in [0.5, 0.6) is 5.75 Å². The molecule has 2 aromatic rings. The topological polar surface area (TPSA) is 55.6 Å². The summed E-state index contributed by atoms with van der Waals surface area (Å²) >= 11 is 1.16. The lowest BCUT2D eigenvalue weighted by molar-refractivity contribution is -0.389. The minimum atomic E-state index is -7.01. The number of alkyl halides is 11.